The molecule has 0 saturated heterocycles. The van der Waals surface area contributed by atoms with Crippen LogP contribution < -0.4 is 10.1 Å². The molecule has 0 saturated carbocycles. The predicted molar refractivity (Wildman–Crippen MR) is 85.2 cm³/mol. The van der Waals surface area contributed by atoms with E-state index in [2.05, 4.69) is 5.32 Å². The molecule has 1 amide bonds. The zero-order valence-electron chi connectivity index (χ0n) is 13.3. The number of carbonyl (C=O) groups excluding carboxylic acids is 1. The molecular formula is C16H24N2O4. The number of nitrogens with one attached hydrogen (secondary N) is 1. The van der Waals surface area contributed by atoms with Crippen LogP contribution in [0.1, 0.15) is 26.7 Å². The summed E-state index contributed by atoms with van der Waals surface area (Å²) in [7, 11) is 1.53. The van der Waals surface area contributed by atoms with E-state index in [0.717, 1.165) is 6.42 Å². The summed E-state index contributed by atoms with van der Waals surface area (Å²) in [6.45, 7) is 4.36. The Labute approximate surface area is 131 Å². The van der Waals surface area contributed by atoms with Crippen LogP contribution in [0.2, 0.25) is 0 Å². The van der Waals surface area contributed by atoms with Gasteiger partial charge in [0.25, 0.3) is 0 Å². The molecule has 0 aliphatic carbocycles. The highest BCUT2D eigenvalue weighted by Gasteiger charge is 2.25. The van der Waals surface area contributed by atoms with Gasteiger partial charge in [-0.3, -0.25) is 14.5 Å². The number of hydrogen-bond donors (Lipinski definition) is 2. The van der Waals surface area contributed by atoms with Crippen LogP contribution in [0.4, 0.5) is 5.69 Å². The Balaban J connectivity index is 2.76. The SMILES string of the molecule is CCCN(CC(=O)Nc1ccccc1OC)C(CC)C(=O)O. The molecule has 0 fully saturated rings. The molecule has 1 atom stereocenters. The molecule has 22 heavy (non-hydrogen) atoms. The first-order valence-electron chi connectivity index (χ1n) is 7.43. The molecule has 1 rings (SSSR count). The minimum Gasteiger partial charge on any atom is -0.495 e. The number of carbonyl (C=O) groups is 2. The van der Waals surface area contributed by atoms with Gasteiger partial charge in [0.15, 0.2) is 0 Å². The van der Waals surface area contributed by atoms with E-state index in [-0.39, 0.29) is 12.5 Å². The molecule has 122 valence electrons. The number of rotatable bonds is 9. The third kappa shape index (κ3) is 5.04. The number of methoxy groups -OCH3 is 1. The van der Waals surface area contributed by atoms with Gasteiger partial charge in [0.1, 0.15) is 11.8 Å². The van der Waals surface area contributed by atoms with E-state index in [4.69, 9.17) is 4.74 Å². The van der Waals surface area contributed by atoms with Gasteiger partial charge in [-0.25, -0.2) is 0 Å². The highest BCUT2D eigenvalue weighted by molar-refractivity contribution is 5.94. The molecule has 0 aliphatic rings. The Bertz CT molecular complexity index is 505. The number of ether oxygens (including phenoxy) is 1. The van der Waals surface area contributed by atoms with E-state index in [1.165, 1.54) is 7.11 Å². The van der Waals surface area contributed by atoms with Crippen LogP contribution in [0.25, 0.3) is 0 Å². The van der Waals surface area contributed by atoms with Crippen molar-refractivity contribution >= 4 is 17.6 Å². The number of amides is 1. The van der Waals surface area contributed by atoms with Gasteiger partial charge in [-0.2, -0.15) is 0 Å². The van der Waals surface area contributed by atoms with E-state index in [1.54, 1.807) is 30.0 Å². The lowest BCUT2D eigenvalue weighted by molar-refractivity contribution is -0.143. The number of nitrogens with zero attached hydrogens (tertiary/aromatic N) is 1. The molecule has 2 N–H and O–H groups in total. The Kier molecular flexibility index (Phi) is 7.39. The molecule has 0 heterocycles. The second-order valence-electron chi connectivity index (χ2n) is 4.98. The number of carboxylic acid groups (broad SMARTS) is 1. The number of hydrogen-bond acceptors (Lipinski definition) is 4. The van der Waals surface area contributed by atoms with E-state index in [1.807, 2.05) is 13.0 Å². The van der Waals surface area contributed by atoms with Crippen molar-refractivity contribution in [1.82, 2.24) is 4.90 Å². The Morgan fingerprint density at radius 2 is 2.00 bits per heavy atom. The number of aliphatic carboxylic acids is 1. The largest absolute Gasteiger partial charge is 0.495 e. The number of para-hydroxylation sites is 2. The standard InChI is InChI=1S/C16H24N2O4/c1-4-10-18(13(5-2)16(20)21)11-15(19)17-12-8-6-7-9-14(12)22-3/h6-9,13H,4-5,10-11H2,1-3H3,(H,17,19)(H,20,21). The first kappa shape index (κ1) is 18.0. The van der Waals surface area contributed by atoms with Crippen molar-refractivity contribution in [3.05, 3.63) is 24.3 Å². The lowest BCUT2D eigenvalue weighted by Crippen LogP contribution is -2.45. The van der Waals surface area contributed by atoms with Crippen LogP contribution in [-0.4, -0.2) is 48.1 Å². The summed E-state index contributed by atoms with van der Waals surface area (Å²) in [5, 5.41) is 12.0. The summed E-state index contributed by atoms with van der Waals surface area (Å²) in [5.74, 6) is -0.582. The van der Waals surface area contributed by atoms with Gasteiger partial charge in [0.05, 0.1) is 19.3 Å². The van der Waals surface area contributed by atoms with Gasteiger partial charge >= 0.3 is 5.97 Å². The quantitative estimate of drug-likeness (QED) is 0.731. The van der Waals surface area contributed by atoms with Crippen molar-refractivity contribution < 1.29 is 19.4 Å². The summed E-state index contributed by atoms with van der Waals surface area (Å²) in [5.41, 5.74) is 0.579. The van der Waals surface area contributed by atoms with Crippen molar-refractivity contribution in [1.29, 1.82) is 0 Å². The van der Waals surface area contributed by atoms with Gasteiger partial charge < -0.3 is 15.2 Å². The third-order valence-electron chi connectivity index (χ3n) is 3.35. The maximum Gasteiger partial charge on any atom is 0.320 e. The smallest absolute Gasteiger partial charge is 0.320 e. The van der Waals surface area contributed by atoms with Gasteiger partial charge in [-0.15, -0.1) is 0 Å². The fourth-order valence-electron chi connectivity index (χ4n) is 2.34. The molecule has 0 aromatic heterocycles. The summed E-state index contributed by atoms with van der Waals surface area (Å²) in [6.07, 6.45) is 1.24. The highest BCUT2D eigenvalue weighted by atomic mass is 16.5. The van der Waals surface area contributed by atoms with Gasteiger partial charge in [0.2, 0.25) is 5.91 Å². The number of carboxylic acids is 1. The monoisotopic (exact) mass is 308 g/mol. The van der Waals surface area contributed by atoms with E-state index < -0.39 is 12.0 Å². The van der Waals surface area contributed by atoms with Gasteiger partial charge in [-0.1, -0.05) is 26.0 Å². The fourth-order valence-corrected chi connectivity index (χ4v) is 2.34. The zero-order valence-corrected chi connectivity index (χ0v) is 13.3. The van der Waals surface area contributed by atoms with Crippen LogP contribution in [0.3, 0.4) is 0 Å². The van der Waals surface area contributed by atoms with Crippen LogP contribution in [0, 0.1) is 0 Å². The van der Waals surface area contributed by atoms with E-state index >= 15 is 0 Å². The lowest BCUT2D eigenvalue weighted by atomic mass is 10.2. The number of benzene rings is 1. The molecular weight excluding hydrogens is 284 g/mol. The predicted octanol–water partition coefficient (Wildman–Crippen LogP) is 2.21. The summed E-state index contributed by atoms with van der Waals surface area (Å²) in [4.78, 5) is 25.2. The molecule has 6 heteroatoms. The maximum absolute atomic E-state index is 12.2. The average molecular weight is 308 g/mol. The summed E-state index contributed by atoms with van der Waals surface area (Å²) in [6, 6.07) is 6.47. The fraction of sp³-hybridized carbons (Fsp3) is 0.500. The molecule has 0 spiro atoms. The topological polar surface area (TPSA) is 78.9 Å². The van der Waals surface area contributed by atoms with Crippen molar-refractivity contribution in [3.63, 3.8) is 0 Å². The highest BCUT2D eigenvalue weighted by Crippen LogP contribution is 2.23. The number of anilines is 1. The Morgan fingerprint density at radius 3 is 2.55 bits per heavy atom. The molecule has 6 nitrogen and oxygen atoms in total. The summed E-state index contributed by atoms with van der Waals surface area (Å²) >= 11 is 0. The molecule has 0 aliphatic heterocycles. The van der Waals surface area contributed by atoms with Crippen LogP contribution in [0.5, 0.6) is 5.75 Å². The van der Waals surface area contributed by atoms with Crippen molar-refractivity contribution in [2.45, 2.75) is 32.7 Å². The van der Waals surface area contributed by atoms with Crippen molar-refractivity contribution in [3.8, 4) is 5.75 Å². The summed E-state index contributed by atoms with van der Waals surface area (Å²) < 4.78 is 5.18. The second kappa shape index (κ2) is 9.04. The maximum atomic E-state index is 12.2. The third-order valence-corrected chi connectivity index (χ3v) is 3.35. The Morgan fingerprint density at radius 1 is 1.32 bits per heavy atom. The minimum absolute atomic E-state index is 0.0384. The molecule has 1 unspecified atom stereocenters. The first-order valence-corrected chi connectivity index (χ1v) is 7.43. The minimum atomic E-state index is -0.902. The van der Waals surface area contributed by atoms with Crippen molar-refractivity contribution in [2.24, 2.45) is 0 Å². The molecule has 0 radical (unpaired) electrons. The van der Waals surface area contributed by atoms with Crippen LogP contribution >= 0.6 is 0 Å². The molecule has 1 aromatic carbocycles. The van der Waals surface area contributed by atoms with E-state index in [0.29, 0.717) is 24.4 Å². The van der Waals surface area contributed by atoms with Gasteiger partial charge in [-0.05, 0) is 31.5 Å². The zero-order chi connectivity index (χ0) is 16.5. The van der Waals surface area contributed by atoms with E-state index in [9.17, 15) is 14.7 Å². The van der Waals surface area contributed by atoms with Crippen LogP contribution in [0.15, 0.2) is 24.3 Å². The second-order valence-corrected chi connectivity index (χ2v) is 4.98. The molecule has 0 bridgehead atoms. The Hall–Kier alpha value is -2.08. The van der Waals surface area contributed by atoms with Crippen LogP contribution in [-0.2, 0) is 9.59 Å². The molecule has 1 aromatic rings. The average Bonchev–Trinajstić information content (AvgIpc) is 2.48. The lowest BCUT2D eigenvalue weighted by Gasteiger charge is -2.27. The van der Waals surface area contributed by atoms with Crippen molar-refractivity contribution in [2.75, 3.05) is 25.5 Å². The first-order chi connectivity index (χ1) is 10.5. The van der Waals surface area contributed by atoms with Gasteiger partial charge in [0, 0.05) is 0 Å². The normalized spacial score (nSPS) is 12.0.